The number of benzene rings is 3. The molecule has 0 saturated carbocycles. The average molecular weight is 473 g/mol. The van der Waals surface area contributed by atoms with Gasteiger partial charge in [0.1, 0.15) is 12.6 Å². The van der Waals surface area contributed by atoms with Crippen molar-refractivity contribution in [3.8, 4) is 11.1 Å². The van der Waals surface area contributed by atoms with Gasteiger partial charge in [0.2, 0.25) is 5.91 Å². The van der Waals surface area contributed by atoms with Gasteiger partial charge in [-0.15, -0.1) is 0 Å². The number of anilines is 1. The fraction of sp³-hybridized carbons (Fsp3) is 0.250. The molecule has 3 aromatic rings. The molecular formula is C28H28N2O5. The van der Waals surface area contributed by atoms with E-state index < -0.39 is 24.0 Å². The van der Waals surface area contributed by atoms with Gasteiger partial charge < -0.3 is 20.5 Å². The van der Waals surface area contributed by atoms with Crippen molar-refractivity contribution in [3.05, 3.63) is 89.5 Å². The number of carboxylic acid groups (broad SMARTS) is 1. The Morgan fingerprint density at radius 2 is 1.46 bits per heavy atom. The summed E-state index contributed by atoms with van der Waals surface area (Å²) in [6, 6.07) is 22.0. The lowest BCUT2D eigenvalue weighted by Crippen LogP contribution is -2.47. The summed E-state index contributed by atoms with van der Waals surface area (Å²) in [5.74, 6) is -1.74. The predicted molar refractivity (Wildman–Crippen MR) is 133 cm³/mol. The van der Waals surface area contributed by atoms with Crippen LogP contribution in [0.15, 0.2) is 72.8 Å². The summed E-state index contributed by atoms with van der Waals surface area (Å²) in [6.45, 7) is 3.78. The number of carboxylic acids is 1. The van der Waals surface area contributed by atoms with Gasteiger partial charge in [-0.2, -0.15) is 0 Å². The highest BCUT2D eigenvalue weighted by Gasteiger charge is 2.30. The monoisotopic (exact) mass is 472 g/mol. The maximum atomic E-state index is 13.0. The number of para-hydroxylation sites is 1. The van der Waals surface area contributed by atoms with E-state index in [0.29, 0.717) is 11.3 Å². The summed E-state index contributed by atoms with van der Waals surface area (Å²) < 4.78 is 5.59. The Balaban J connectivity index is 1.42. The van der Waals surface area contributed by atoms with E-state index in [9.17, 15) is 14.4 Å². The van der Waals surface area contributed by atoms with E-state index in [0.717, 1.165) is 22.3 Å². The molecule has 7 heteroatoms. The van der Waals surface area contributed by atoms with Crippen molar-refractivity contribution in [3.63, 3.8) is 0 Å². The van der Waals surface area contributed by atoms with Crippen LogP contribution in [0.2, 0.25) is 0 Å². The van der Waals surface area contributed by atoms with Crippen LogP contribution in [0, 0.1) is 5.92 Å². The second kappa shape index (κ2) is 10.4. The molecule has 2 amide bonds. The molecule has 1 aliphatic carbocycles. The lowest BCUT2D eigenvalue weighted by atomic mass is 9.98. The minimum Gasteiger partial charge on any atom is -0.481 e. The Morgan fingerprint density at radius 1 is 0.886 bits per heavy atom. The lowest BCUT2D eigenvalue weighted by molar-refractivity contribution is -0.136. The van der Waals surface area contributed by atoms with Crippen LogP contribution in [0.4, 0.5) is 10.5 Å². The van der Waals surface area contributed by atoms with Gasteiger partial charge in [-0.3, -0.25) is 9.59 Å². The number of rotatable bonds is 8. The predicted octanol–water partition coefficient (Wildman–Crippen LogP) is 4.82. The topological polar surface area (TPSA) is 105 Å². The van der Waals surface area contributed by atoms with Crippen molar-refractivity contribution in [1.29, 1.82) is 0 Å². The maximum absolute atomic E-state index is 13.0. The Kier molecular flexibility index (Phi) is 7.15. The second-order valence-corrected chi connectivity index (χ2v) is 8.91. The van der Waals surface area contributed by atoms with E-state index >= 15 is 0 Å². The third-order valence-electron chi connectivity index (χ3n) is 6.18. The minimum atomic E-state index is -0.996. The third-order valence-corrected chi connectivity index (χ3v) is 6.18. The zero-order valence-electron chi connectivity index (χ0n) is 19.7. The fourth-order valence-electron chi connectivity index (χ4n) is 4.47. The minimum absolute atomic E-state index is 0.0811. The summed E-state index contributed by atoms with van der Waals surface area (Å²) in [4.78, 5) is 36.8. The van der Waals surface area contributed by atoms with Gasteiger partial charge in [-0.1, -0.05) is 80.6 Å². The van der Waals surface area contributed by atoms with E-state index in [1.54, 1.807) is 24.3 Å². The average Bonchev–Trinajstić information content (AvgIpc) is 3.15. The molecule has 7 nitrogen and oxygen atoms in total. The van der Waals surface area contributed by atoms with Crippen LogP contribution in [0.5, 0.6) is 0 Å². The number of alkyl carbamates (subject to hydrolysis) is 1. The number of hydrogen-bond acceptors (Lipinski definition) is 4. The molecule has 0 saturated heterocycles. The zero-order valence-corrected chi connectivity index (χ0v) is 19.7. The van der Waals surface area contributed by atoms with E-state index in [1.807, 2.05) is 50.2 Å². The van der Waals surface area contributed by atoms with Gasteiger partial charge >= 0.3 is 12.1 Å². The first-order valence-electron chi connectivity index (χ1n) is 11.6. The number of amides is 2. The van der Waals surface area contributed by atoms with Crippen LogP contribution in [-0.4, -0.2) is 35.7 Å². The normalized spacial score (nSPS) is 13.0. The molecule has 0 aromatic heterocycles. The van der Waals surface area contributed by atoms with Crippen LogP contribution in [0.3, 0.4) is 0 Å². The molecule has 1 atom stereocenters. The first kappa shape index (κ1) is 24.0. The smallest absolute Gasteiger partial charge is 0.407 e. The number of ether oxygens (including phenoxy) is 1. The summed E-state index contributed by atoms with van der Waals surface area (Å²) >= 11 is 0. The number of nitrogens with one attached hydrogen (secondary N) is 2. The molecule has 35 heavy (non-hydrogen) atoms. The van der Waals surface area contributed by atoms with Crippen LogP contribution in [-0.2, 0) is 20.7 Å². The third kappa shape index (κ3) is 5.35. The lowest BCUT2D eigenvalue weighted by Gasteiger charge is -2.23. The molecule has 4 rings (SSSR count). The Labute approximate surface area is 204 Å². The number of hydrogen-bond donors (Lipinski definition) is 3. The molecule has 3 N–H and O–H groups in total. The molecule has 0 radical (unpaired) electrons. The van der Waals surface area contributed by atoms with E-state index in [2.05, 4.69) is 22.8 Å². The van der Waals surface area contributed by atoms with Crippen molar-refractivity contribution in [1.82, 2.24) is 5.32 Å². The Morgan fingerprint density at radius 3 is 2.06 bits per heavy atom. The van der Waals surface area contributed by atoms with Crippen LogP contribution in [0.25, 0.3) is 11.1 Å². The molecule has 0 unspecified atom stereocenters. The van der Waals surface area contributed by atoms with Gasteiger partial charge in [-0.25, -0.2) is 4.79 Å². The quantitative estimate of drug-likeness (QED) is 0.436. The summed E-state index contributed by atoms with van der Waals surface area (Å²) in [5, 5.41) is 14.6. The first-order valence-corrected chi connectivity index (χ1v) is 11.6. The molecule has 1 aliphatic rings. The molecular weight excluding hydrogens is 444 g/mol. The van der Waals surface area contributed by atoms with Gasteiger partial charge in [0.25, 0.3) is 0 Å². The van der Waals surface area contributed by atoms with Crippen molar-refractivity contribution in [2.24, 2.45) is 5.92 Å². The molecule has 3 aromatic carbocycles. The molecule has 0 heterocycles. The van der Waals surface area contributed by atoms with Crippen molar-refractivity contribution >= 4 is 23.7 Å². The highest BCUT2D eigenvalue weighted by molar-refractivity contribution is 5.97. The second-order valence-electron chi connectivity index (χ2n) is 8.91. The Hall–Kier alpha value is -4.13. The van der Waals surface area contributed by atoms with Crippen molar-refractivity contribution < 1.29 is 24.2 Å². The van der Waals surface area contributed by atoms with Crippen LogP contribution in [0.1, 0.15) is 36.5 Å². The fourth-order valence-corrected chi connectivity index (χ4v) is 4.47. The molecule has 0 spiro atoms. The standard InChI is InChI=1S/C28H28N2O5/c1-17(2)26(27(33)29-24-14-8-3-9-18(24)15-25(31)32)30-28(34)35-16-23-21-12-6-4-10-19(21)20-11-5-7-13-22(20)23/h3-14,17,23,26H,15-16H2,1-2H3,(H,29,33)(H,30,34)(H,31,32)/t26-/m1/s1. The van der Waals surface area contributed by atoms with Gasteiger partial charge in [0.15, 0.2) is 0 Å². The first-order chi connectivity index (χ1) is 16.8. The maximum Gasteiger partial charge on any atom is 0.407 e. The van der Waals surface area contributed by atoms with Gasteiger partial charge in [0, 0.05) is 11.6 Å². The highest BCUT2D eigenvalue weighted by Crippen LogP contribution is 2.44. The SMILES string of the molecule is CC(C)[C@@H](NC(=O)OCC1c2ccccc2-c2ccccc21)C(=O)Nc1ccccc1CC(=O)O. The van der Waals surface area contributed by atoms with Crippen LogP contribution < -0.4 is 10.6 Å². The summed E-state index contributed by atoms with van der Waals surface area (Å²) in [5.41, 5.74) is 5.37. The van der Waals surface area contributed by atoms with E-state index in [-0.39, 0.29) is 24.9 Å². The zero-order chi connectivity index (χ0) is 24.9. The van der Waals surface area contributed by atoms with Crippen LogP contribution >= 0.6 is 0 Å². The largest absolute Gasteiger partial charge is 0.481 e. The van der Waals surface area contributed by atoms with E-state index in [1.165, 1.54) is 0 Å². The highest BCUT2D eigenvalue weighted by atomic mass is 16.5. The number of aliphatic carboxylic acids is 1. The summed E-state index contributed by atoms with van der Waals surface area (Å²) in [7, 11) is 0. The number of carbonyl (C=O) groups excluding carboxylic acids is 2. The number of fused-ring (bicyclic) bond motifs is 3. The Bertz CT molecular complexity index is 1210. The van der Waals surface area contributed by atoms with E-state index in [4.69, 9.17) is 9.84 Å². The van der Waals surface area contributed by atoms with Crippen molar-refractivity contribution in [2.75, 3.05) is 11.9 Å². The summed E-state index contributed by atoms with van der Waals surface area (Å²) in [6.07, 6.45) is -0.901. The molecule has 180 valence electrons. The molecule has 0 fully saturated rings. The van der Waals surface area contributed by atoms with Crippen molar-refractivity contribution in [2.45, 2.75) is 32.2 Å². The van der Waals surface area contributed by atoms with Gasteiger partial charge in [-0.05, 0) is 39.8 Å². The number of carbonyl (C=O) groups is 3. The van der Waals surface area contributed by atoms with Gasteiger partial charge in [0.05, 0.1) is 6.42 Å². The molecule has 0 aliphatic heterocycles. The molecule has 0 bridgehead atoms.